The molecule has 2 fully saturated rings. The smallest absolute Gasteiger partial charge is 0.264 e. The molecule has 0 saturated carbocycles. The molecule has 1 aromatic carbocycles. The highest BCUT2D eigenvalue weighted by molar-refractivity contribution is 7.20. The van der Waals surface area contributed by atoms with Crippen molar-refractivity contribution in [1.29, 1.82) is 0 Å². The highest BCUT2D eigenvalue weighted by Crippen LogP contribution is 2.32. The lowest BCUT2D eigenvalue weighted by Gasteiger charge is -2.35. The van der Waals surface area contributed by atoms with Crippen LogP contribution in [0.4, 0.5) is 0 Å². The van der Waals surface area contributed by atoms with Crippen molar-refractivity contribution < 1.29 is 9.59 Å². The number of piperidine rings is 2. The Morgan fingerprint density at radius 2 is 1.68 bits per heavy atom. The number of hydrogen-bond donors (Lipinski definition) is 0. The van der Waals surface area contributed by atoms with E-state index >= 15 is 0 Å². The number of aryl methyl sites for hydroxylation is 1. The number of carbonyl (C=O) groups is 2. The molecule has 0 atom stereocenters. The summed E-state index contributed by atoms with van der Waals surface area (Å²) >= 11 is 1.51. The predicted octanol–water partition coefficient (Wildman–Crippen LogP) is 4.26. The fourth-order valence-corrected chi connectivity index (χ4v) is 5.91. The van der Waals surface area contributed by atoms with Crippen LogP contribution in [-0.4, -0.2) is 57.6 Å². The van der Waals surface area contributed by atoms with Gasteiger partial charge in [0.2, 0.25) is 5.91 Å². The van der Waals surface area contributed by atoms with E-state index in [1.807, 2.05) is 57.8 Å². The molecule has 2 aliphatic rings. The molecule has 2 aliphatic heterocycles. The number of hydrogen-bond acceptors (Lipinski definition) is 4. The molecule has 2 aromatic heterocycles. The summed E-state index contributed by atoms with van der Waals surface area (Å²) in [5.41, 5.74) is 1.93. The Morgan fingerprint density at radius 3 is 2.39 bits per heavy atom. The summed E-state index contributed by atoms with van der Waals surface area (Å²) in [5, 5.41) is 5.70. The van der Waals surface area contributed by atoms with Gasteiger partial charge in [0, 0.05) is 37.5 Å². The number of thiophene rings is 1. The normalized spacial score (nSPS) is 18.0. The first-order valence-electron chi connectivity index (χ1n) is 11.2. The summed E-state index contributed by atoms with van der Waals surface area (Å²) < 4.78 is 1.93. The van der Waals surface area contributed by atoms with E-state index in [2.05, 4.69) is 5.10 Å². The SMILES string of the molecule is Cc1nn(-c2ccccc2)c2sc(C(=O)N3CCC(C(=O)N4CCCCC4)CC3)cc12. The Kier molecular flexibility index (Phi) is 5.52. The number of nitrogens with zero attached hydrogens (tertiary/aromatic N) is 4. The van der Waals surface area contributed by atoms with Crippen molar-refractivity contribution in [2.24, 2.45) is 5.92 Å². The summed E-state index contributed by atoms with van der Waals surface area (Å²) in [7, 11) is 0. The van der Waals surface area contributed by atoms with Gasteiger partial charge in [-0.25, -0.2) is 4.68 Å². The Labute approximate surface area is 186 Å². The third-order valence-corrected chi connectivity index (χ3v) is 7.65. The summed E-state index contributed by atoms with van der Waals surface area (Å²) in [5.74, 6) is 0.440. The van der Waals surface area contributed by atoms with Crippen molar-refractivity contribution in [3.05, 3.63) is 47.0 Å². The average molecular weight is 437 g/mol. The summed E-state index contributed by atoms with van der Waals surface area (Å²) in [6.07, 6.45) is 5.00. The lowest BCUT2D eigenvalue weighted by atomic mass is 9.94. The van der Waals surface area contributed by atoms with E-state index in [1.165, 1.54) is 17.8 Å². The molecule has 7 heteroatoms. The van der Waals surface area contributed by atoms with Crippen LogP contribution < -0.4 is 0 Å². The maximum absolute atomic E-state index is 13.2. The Balaban J connectivity index is 1.29. The fourth-order valence-electron chi connectivity index (χ4n) is 4.75. The quantitative estimate of drug-likeness (QED) is 0.616. The number of para-hydroxylation sites is 1. The second kappa shape index (κ2) is 8.46. The first-order valence-corrected chi connectivity index (χ1v) is 12.1. The number of aromatic nitrogens is 2. The minimum Gasteiger partial charge on any atom is -0.342 e. The van der Waals surface area contributed by atoms with Crippen LogP contribution in [0.3, 0.4) is 0 Å². The second-order valence-corrected chi connectivity index (χ2v) is 9.65. The van der Waals surface area contributed by atoms with Gasteiger partial charge in [-0.1, -0.05) is 18.2 Å². The van der Waals surface area contributed by atoms with Gasteiger partial charge < -0.3 is 9.80 Å². The lowest BCUT2D eigenvalue weighted by Crippen LogP contribution is -2.45. The first-order chi connectivity index (χ1) is 15.1. The minimum atomic E-state index is 0.0680. The van der Waals surface area contributed by atoms with Gasteiger partial charge in [-0.15, -0.1) is 11.3 Å². The van der Waals surface area contributed by atoms with Crippen LogP contribution in [0.5, 0.6) is 0 Å². The highest BCUT2D eigenvalue weighted by atomic mass is 32.1. The lowest BCUT2D eigenvalue weighted by molar-refractivity contribution is -0.137. The Morgan fingerprint density at radius 1 is 0.968 bits per heavy atom. The van der Waals surface area contributed by atoms with Crippen LogP contribution in [0.15, 0.2) is 36.4 Å². The minimum absolute atomic E-state index is 0.0680. The molecular weight excluding hydrogens is 408 g/mol. The third-order valence-electron chi connectivity index (χ3n) is 6.56. The van der Waals surface area contributed by atoms with E-state index in [4.69, 9.17) is 0 Å². The van der Waals surface area contributed by atoms with Crippen LogP contribution in [0.25, 0.3) is 15.9 Å². The molecule has 4 heterocycles. The standard InChI is InChI=1S/C24H28N4O2S/c1-17-20-16-21(31-24(20)28(25-17)19-8-4-2-5-9-19)23(30)27-14-10-18(11-15-27)22(29)26-12-6-3-7-13-26/h2,4-5,8-9,16,18H,3,6-7,10-15H2,1H3. The van der Waals surface area contributed by atoms with Crippen LogP contribution in [0.1, 0.15) is 47.5 Å². The molecule has 0 spiro atoms. The summed E-state index contributed by atoms with van der Waals surface area (Å²) in [6.45, 7) is 5.10. The first kappa shape index (κ1) is 20.2. The van der Waals surface area contributed by atoms with E-state index in [0.29, 0.717) is 19.0 Å². The average Bonchev–Trinajstić information content (AvgIpc) is 3.40. The van der Waals surface area contributed by atoms with Crippen LogP contribution >= 0.6 is 11.3 Å². The number of fused-ring (bicyclic) bond motifs is 1. The fraction of sp³-hybridized carbons (Fsp3) is 0.458. The highest BCUT2D eigenvalue weighted by Gasteiger charge is 2.31. The largest absolute Gasteiger partial charge is 0.342 e. The molecule has 2 amide bonds. The van der Waals surface area contributed by atoms with Gasteiger partial charge >= 0.3 is 0 Å². The van der Waals surface area contributed by atoms with Crippen molar-refractivity contribution in [2.45, 2.75) is 39.0 Å². The maximum Gasteiger partial charge on any atom is 0.264 e. The molecule has 0 unspecified atom stereocenters. The van der Waals surface area contributed by atoms with E-state index in [9.17, 15) is 9.59 Å². The van der Waals surface area contributed by atoms with Crippen molar-refractivity contribution in [3.8, 4) is 5.69 Å². The second-order valence-electron chi connectivity index (χ2n) is 8.61. The van der Waals surface area contributed by atoms with Gasteiger partial charge in [0.1, 0.15) is 4.83 Å². The van der Waals surface area contributed by atoms with Gasteiger partial charge in [-0.3, -0.25) is 9.59 Å². The Bertz CT molecular complexity index is 1090. The van der Waals surface area contributed by atoms with Crippen molar-refractivity contribution in [3.63, 3.8) is 0 Å². The maximum atomic E-state index is 13.2. The molecule has 2 saturated heterocycles. The van der Waals surface area contributed by atoms with Gasteiger partial charge in [-0.2, -0.15) is 5.10 Å². The molecule has 0 aliphatic carbocycles. The van der Waals surface area contributed by atoms with Gasteiger partial charge in [-0.05, 0) is 57.2 Å². The van der Waals surface area contributed by atoms with Crippen LogP contribution in [0.2, 0.25) is 0 Å². The van der Waals surface area contributed by atoms with Crippen LogP contribution in [-0.2, 0) is 4.79 Å². The van der Waals surface area contributed by atoms with Gasteiger partial charge in [0.25, 0.3) is 5.91 Å². The number of amides is 2. The monoisotopic (exact) mass is 436 g/mol. The zero-order valence-corrected chi connectivity index (χ0v) is 18.7. The molecular formula is C24H28N4O2S. The molecule has 0 bridgehead atoms. The molecule has 3 aromatic rings. The van der Waals surface area contributed by atoms with Gasteiger partial charge in [0.15, 0.2) is 0 Å². The molecule has 0 N–H and O–H groups in total. The van der Waals surface area contributed by atoms with E-state index < -0.39 is 0 Å². The number of benzene rings is 1. The third kappa shape index (κ3) is 3.87. The molecule has 5 rings (SSSR count). The van der Waals surface area contributed by atoms with E-state index in [-0.39, 0.29) is 11.8 Å². The summed E-state index contributed by atoms with van der Waals surface area (Å²) in [6, 6.07) is 12.0. The van der Waals surface area contributed by atoms with Crippen molar-refractivity contribution >= 4 is 33.4 Å². The zero-order chi connectivity index (χ0) is 21.4. The number of rotatable bonds is 3. The summed E-state index contributed by atoms with van der Waals surface area (Å²) in [4.78, 5) is 31.7. The van der Waals surface area contributed by atoms with E-state index in [1.54, 1.807) is 0 Å². The molecule has 162 valence electrons. The number of carbonyl (C=O) groups excluding carboxylic acids is 2. The van der Waals surface area contributed by atoms with Crippen molar-refractivity contribution in [1.82, 2.24) is 19.6 Å². The van der Waals surface area contributed by atoms with Crippen molar-refractivity contribution in [2.75, 3.05) is 26.2 Å². The molecule has 31 heavy (non-hydrogen) atoms. The molecule has 0 radical (unpaired) electrons. The van der Waals surface area contributed by atoms with Crippen LogP contribution in [0, 0.1) is 12.8 Å². The topological polar surface area (TPSA) is 58.4 Å². The zero-order valence-electron chi connectivity index (χ0n) is 17.9. The Hall–Kier alpha value is -2.67. The predicted molar refractivity (Wildman–Crippen MR) is 123 cm³/mol. The van der Waals surface area contributed by atoms with E-state index in [0.717, 1.165) is 65.2 Å². The molecule has 6 nitrogen and oxygen atoms in total. The number of likely N-dealkylation sites (tertiary alicyclic amines) is 2. The van der Waals surface area contributed by atoms with Gasteiger partial charge in [0.05, 0.1) is 16.3 Å².